The van der Waals surface area contributed by atoms with Crippen molar-refractivity contribution in [2.75, 3.05) is 5.32 Å². The van der Waals surface area contributed by atoms with Crippen LogP contribution in [0.2, 0.25) is 0 Å². The molecule has 0 saturated carbocycles. The average Bonchev–Trinajstić information content (AvgIpc) is 2.67. The summed E-state index contributed by atoms with van der Waals surface area (Å²) in [7, 11) is 0. The Morgan fingerprint density at radius 3 is 2.37 bits per heavy atom. The molecule has 0 bridgehead atoms. The Labute approximate surface area is 154 Å². The van der Waals surface area contributed by atoms with Gasteiger partial charge in [-0.1, -0.05) is 30.3 Å². The second-order valence-electron chi connectivity index (χ2n) is 6.23. The molecule has 27 heavy (non-hydrogen) atoms. The second-order valence-corrected chi connectivity index (χ2v) is 6.23. The quantitative estimate of drug-likeness (QED) is 0.335. The van der Waals surface area contributed by atoms with Crippen LogP contribution in [0.4, 0.5) is 5.69 Å². The van der Waals surface area contributed by atoms with Crippen LogP contribution in [0.3, 0.4) is 0 Å². The van der Waals surface area contributed by atoms with E-state index < -0.39 is 11.5 Å². The molecule has 3 aromatic carbocycles. The number of hydrogen-bond acceptors (Lipinski definition) is 4. The van der Waals surface area contributed by atoms with Gasteiger partial charge < -0.3 is 9.73 Å². The van der Waals surface area contributed by atoms with E-state index in [1.54, 1.807) is 36.4 Å². The van der Waals surface area contributed by atoms with E-state index in [4.69, 9.17) is 4.42 Å². The van der Waals surface area contributed by atoms with E-state index in [2.05, 4.69) is 5.32 Å². The number of hydrogen-bond donors (Lipinski definition) is 1. The first-order valence-corrected chi connectivity index (χ1v) is 8.41. The molecule has 132 valence electrons. The van der Waals surface area contributed by atoms with E-state index in [-0.39, 0.29) is 11.3 Å². The van der Waals surface area contributed by atoms with Crippen LogP contribution in [0, 0.1) is 0 Å². The third kappa shape index (κ3) is 3.11. The van der Waals surface area contributed by atoms with Crippen molar-refractivity contribution >= 4 is 39.1 Å². The first-order chi connectivity index (χ1) is 13.0. The lowest BCUT2D eigenvalue weighted by molar-refractivity contribution is 0.101. The maximum absolute atomic E-state index is 12.6. The molecule has 1 aromatic heterocycles. The normalized spacial score (nSPS) is 10.9. The maximum atomic E-state index is 12.6. The van der Waals surface area contributed by atoms with Crippen molar-refractivity contribution in [2.24, 2.45) is 0 Å². The van der Waals surface area contributed by atoms with Gasteiger partial charge in [0.15, 0.2) is 5.78 Å². The molecule has 0 aliphatic rings. The van der Waals surface area contributed by atoms with Crippen LogP contribution in [-0.2, 0) is 0 Å². The lowest BCUT2D eigenvalue weighted by atomic mass is 10.0. The van der Waals surface area contributed by atoms with Gasteiger partial charge >= 0.3 is 5.63 Å². The predicted octanol–water partition coefficient (Wildman–Crippen LogP) is 4.40. The van der Waals surface area contributed by atoms with Crippen LogP contribution in [0.15, 0.2) is 75.9 Å². The number of ketones is 1. The maximum Gasteiger partial charge on any atom is 0.349 e. The topological polar surface area (TPSA) is 76.4 Å². The van der Waals surface area contributed by atoms with E-state index in [1.165, 1.54) is 6.92 Å². The van der Waals surface area contributed by atoms with Crippen molar-refractivity contribution in [2.45, 2.75) is 6.92 Å². The minimum Gasteiger partial charge on any atom is -0.422 e. The number of Topliss-reactive ketones (excluding diaryl/α,β-unsaturated/α-hetero) is 1. The molecule has 0 unspecified atom stereocenters. The summed E-state index contributed by atoms with van der Waals surface area (Å²) in [6.45, 7) is 1.47. The summed E-state index contributed by atoms with van der Waals surface area (Å²) in [5.41, 5.74) is 0.693. The smallest absolute Gasteiger partial charge is 0.349 e. The molecule has 5 nitrogen and oxygen atoms in total. The molecule has 0 spiro atoms. The minimum absolute atomic E-state index is 0.0603. The largest absolute Gasteiger partial charge is 0.422 e. The molecule has 1 heterocycles. The molecule has 0 aliphatic carbocycles. The molecular formula is C22H15NO4. The summed E-state index contributed by atoms with van der Waals surface area (Å²) in [5, 5.41) is 5.26. The Bertz CT molecular complexity index is 1250. The third-order valence-corrected chi connectivity index (χ3v) is 4.44. The SMILES string of the molecule is CC(=O)c1ccc(NC(=O)c2cc3c(ccc4ccccc43)oc2=O)cc1. The molecular weight excluding hydrogens is 342 g/mol. The Balaban J connectivity index is 1.74. The molecule has 0 radical (unpaired) electrons. The highest BCUT2D eigenvalue weighted by Gasteiger charge is 2.15. The monoisotopic (exact) mass is 357 g/mol. The van der Waals surface area contributed by atoms with Crippen LogP contribution in [0.1, 0.15) is 27.6 Å². The van der Waals surface area contributed by atoms with Gasteiger partial charge in [0.2, 0.25) is 0 Å². The number of carbonyl (C=O) groups excluding carboxylic acids is 2. The van der Waals surface area contributed by atoms with E-state index in [9.17, 15) is 14.4 Å². The standard InChI is InChI=1S/C22H15NO4/c1-13(24)14-6-9-16(10-7-14)23-21(25)19-12-18-17-5-3-2-4-15(17)8-11-20(18)27-22(19)26/h2-12H,1H3,(H,23,25). The highest BCUT2D eigenvalue weighted by Crippen LogP contribution is 2.25. The first-order valence-electron chi connectivity index (χ1n) is 8.41. The van der Waals surface area contributed by atoms with Crippen LogP contribution < -0.4 is 10.9 Å². The molecule has 0 saturated heterocycles. The molecule has 1 N–H and O–H groups in total. The van der Waals surface area contributed by atoms with Gasteiger partial charge in [-0.3, -0.25) is 9.59 Å². The van der Waals surface area contributed by atoms with Crippen LogP contribution in [-0.4, -0.2) is 11.7 Å². The number of carbonyl (C=O) groups is 2. The van der Waals surface area contributed by atoms with Gasteiger partial charge in [0.25, 0.3) is 5.91 Å². The van der Waals surface area contributed by atoms with E-state index >= 15 is 0 Å². The molecule has 1 amide bonds. The van der Waals surface area contributed by atoms with Gasteiger partial charge in [0.1, 0.15) is 11.1 Å². The van der Waals surface area contributed by atoms with E-state index in [0.717, 1.165) is 10.8 Å². The Kier molecular flexibility index (Phi) is 4.05. The Morgan fingerprint density at radius 1 is 0.889 bits per heavy atom. The fourth-order valence-corrected chi connectivity index (χ4v) is 3.02. The Morgan fingerprint density at radius 2 is 1.63 bits per heavy atom. The second kappa shape index (κ2) is 6.53. The molecule has 4 aromatic rings. The number of anilines is 1. The van der Waals surface area contributed by atoms with Gasteiger partial charge in [-0.05, 0) is 54.1 Å². The van der Waals surface area contributed by atoms with Crippen molar-refractivity contribution in [3.8, 4) is 0 Å². The van der Waals surface area contributed by atoms with Crippen LogP contribution >= 0.6 is 0 Å². The van der Waals surface area contributed by atoms with Gasteiger partial charge in [-0.25, -0.2) is 4.79 Å². The zero-order valence-electron chi connectivity index (χ0n) is 14.5. The fraction of sp³-hybridized carbons (Fsp3) is 0.0455. The number of fused-ring (bicyclic) bond motifs is 3. The number of benzene rings is 3. The number of rotatable bonds is 3. The first kappa shape index (κ1) is 16.7. The average molecular weight is 357 g/mol. The summed E-state index contributed by atoms with van der Waals surface area (Å²) in [6, 6.07) is 19.3. The van der Waals surface area contributed by atoms with Crippen LogP contribution in [0.5, 0.6) is 0 Å². The van der Waals surface area contributed by atoms with E-state index in [0.29, 0.717) is 22.2 Å². The summed E-state index contributed by atoms with van der Waals surface area (Å²) >= 11 is 0. The highest BCUT2D eigenvalue weighted by atomic mass is 16.4. The lowest BCUT2D eigenvalue weighted by Crippen LogP contribution is -2.20. The molecule has 0 atom stereocenters. The summed E-state index contributed by atoms with van der Waals surface area (Å²) in [6.07, 6.45) is 0. The summed E-state index contributed by atoms with van der Waals surface area (Å²) in [4.78, 5) is 36.2. The van der Waals surface area contributed by atoms with Crippen molar-refractivity contribution in [1.82, 2.24) is 0 Å². The predicted molar refractivity (Wildman–Crippen MR) is 104 cm³/mol. The fourth-order valence-electron chi connectivity index (χ4n) is 3.02. The third-order valence-electron chi connectivity index (χ3n) is 4.44. The minimum atomic E-state index is -0.698. The highest BCUT2D eigenvalue weighted by molar-refractivity contribution is 6.10. The van der Waals surface area contributed by atoms with Gasteiger partial charge in [-0.15, -0.1) is 0 Å². The van der Waals surface area contributed by atoms with Crippen molar-refractivity contribution in [3.63, 3.8) is 0 Å². The summed E-state index contributed by atoms with van der Waals surface area (Å²) in [5.74, 6) is -0.621. The van der Waals surface area contributed by atoms with Crippen LogP contribution in [0.25, 0.3) is 21.7 Å². The molecule has 0 aliphatic heterocycles. The molecule has 5 heteroatoms. The van der Waals surface area contributed by atoms with Crippen molar-refractivity contribution in [1.29, 1.82) is 0 Å². The van der Waals surface area contributed by atoms with Crippen molar-refractivity contribution < 1.29 is 14.0 Å². The number of nitrogens with one attached hydrogen (secondary N) is 1. The lowest BCUT2D eigenvalue weighted by Gasteiger charge is -2.07. The van der Waals surface area contributed by atoms with Crippen molar-refractivity contribution in [3.05, 3.63) is 88.3 Å². The number of amides is 1. The molecule has 4 rings (SSSR count). The van der Waals surface area contributed by atoms with Gasteiger partial charge in [0.05, 0.1) is 0 Å². The van der Waals surface area contributed by atoms with Gasteiger partial charge in [0, 0.05) is 16.6 Å². The Hall–Kier alpha value is -3.73. The zero-order chi connectivity index (χ0) is 19.0. The van der Waals surface area contributed by atoms with Gasteiger partial charge in [-0.2, -0.15) is 0 Å². The zero-order valence-corrected chi connectivity index (χ0v) is 14.5. The molecule has 0 fully saturated rings. The van der Waals surface area contributed by atoms with E-state index in [1.807, 2.05) is 30.3 Å². The summed E-state index contributed by atoms with van der Waals surface area (Å²) < 4.78 is 5.35.